The van der Waals surface area contributed by atoms with Gasteiger partial charge < -0.3 is 24.8 Å². The highest BCUT2D eigenvalue weighted by atomic mass is 32.1. The Hall–Kier alpha value is -3.74. The number of pyridine rings is 1. The molecule has 2 N–H and O–H groups in total. The molecule has 5 atom stereocenters. The van der Waals surface area contributed by atoms with Gasteiger partial charge in [-0.15, -0.1) is 11.3 Å². The molecule has 0 aliphatic carbocycles. The van der Waals surface area contributed by atoms with Crippen LogP contribution in [0.25, 0.3) is 32.2 Å². The highest BCUT2D eigenvalue weighted by molar-refractivity contribution is 7.23. The SMILES string of the molecule is CO[C@H](C)CN1CC2CCC(C1)N2c1nc(OC[C@@]23CCCN2C[C@H](F)C3)nc2c(F)c(-c3nccc4sc(N)c(C#N)c34)c3c(c12)COC3. The van der Waals surface area contributed by atoms with Gasteiger partial charge in [-0.2, -0.15) is 15.2 Å². The maximum absolute atomic E-state index is 17.5. The van der Waals surface area contributed by atoms with Gasteiger partial charge >= 0.3 is 6.01 Å². The van der Waals surface area contributed by atoms with Crippen LogP contribution < -0.4 is 15.4 Å². The van der Waals surface area contributed by atoms with Crippen LogP contribution in [0.3, 0.4) is 0 Å². The number of thiophene rings is 1. The average molecular weight is 703 g/mol. The first-order chi connectivity index (χ1) is 24.3. The lowest BCUT2D eigenvalue weighted by Crippen LogP contribution is -2.55. The number of ether oxygens (including phenoxy) is 3. The number of rotatable bonds is 8. The number of alkyl halides is 1. The van der Waals surface area contributed by atoms with Gasteiger partial charge in [0.1, 0.15) is 35.2 Å². The van der Waals surface area contributed by atoms with Crippen molar-refractivity contribution in [1.29, 1.82) is 5.26 Å². The summed E-state index contributed by atoms with van der Waals surface area (Å²) in [5, 5.41) is 11.6. The van der Waals surface area contributed by atoms with Crippen molar-refractivity contribution in [2.45, 2.75) is 82.1 Å². The van der Waals surface area contributed by atoms with Gasteiger partial charge in [-0.25, -0.2) is 8.78 Å². The summed E-state index contributed by atoms with van der Waals surface area (Å²) in [4.78, 5) is 21.6. The maximum Gasteiger partial charge on any atom is 0.319 e. The van der Waals surface area contributed by atoms with E-state index in [0.717, 1.165) is 62.1 Å². The van der Waals surface area contributed by atoms with Gasteiger partial charge in [-0.1, -0.05) is 0 Å². The Morgan fingerprint density at radius 1 is 1.18 bits per heavy atom. The van der Waals surface area contributed by atoms with Crippen molar-refractivity contribution in [3.63, 3.8) is 0 Å². The third-order valence-corrected chi connectivity index (χ3v) is 12.7. The van der Waals surface area contributed by atoms with Crippen LogP contribution in [0.15, 0.2) is 12.3 Å². The van der Waals surface area contributed by atoms with Crippen molar-refractivity contribution >= 4 is 43.1 Å². The van der Waals surface area contributed by atoms with Crippen LogP contribution in [0.4, 0.5) is 19.6 Å². The van der Waals surface area contributed by atoms with Crippen molar-refractivity contribution in [2.75, 3.05) is 57.1 Å². The molecule has 2 unspecified atom stereocenters. The van der Waals surface area contributed by atoms with E-state index in [9.17, 15) is 9.65 Å². The van der Waals surface area contributed by atoms with Crippen LogP contribution in [0.2, 0.25) is 0 Å². The van der Waals surface area contributed by atoms with E-state index in [0.29, 0.717) is 45.8 Å². The van der Waals surface area contributed by atoms with Crippen LogP contribution in [-0.4, -0.2) is 101 Å². The number of nitrogens with zero attached hydrogens (tertiary/aromatic N) is 7. The van der Waals surface area contributed by atoms with Gasteiger partial charge in [0.15, 0.2) is 5.82 Å². The standard InChI is InChI=1S/C36H40F2N8O3S/c1-19(47-2)12-44-14-21-4-5-22(15-44)46(21)34-29-25-17-48-16-24(25)28(31-27-23(11-39)33(40)50-26(27)6-8-41-31)30(38)32(29)42-35(43-34)49-18-36-7-3-9-45(36)13-20(37)10-36/h6,8,19-22H,3-5,7,9-10,12-18,40H2,1-2H3/t19-,20-,21?,22?,36+/m1/s1. The van der Waals surface area contributed by atoms with Crippen LogP contribution in [0, 0.1) is 17.1 Å². The summed E-state index contributed by atoms with van der Waals surface area (Å²) in [7, 11) is 1.74. The third-order valence-electron chi connectivity index (χ3n) is 11.7. The Balaban J connectivity index is 1.22. The normalized spacial score (nSPS) is 26.9. The molecular formula is C36H40F2N8O3S. The zero-order valence-corrected chi connectivity index (χ0v) is 29.1. The van der Waals surface area contributed by atoms with E-state index in [4.69, 9.17) is 29.9 Å². The van der Waals surface area contributed by atoms with Crippen molar-refractivity contribution in [3.05, 3.63) is 34.8 Å². The van der Waals surface area contributed by atoms with Crippen LogP contribution >= 0.6 is 11.3 Å². The second-order valence-electron chi connectivity index (χ2n) is 14.6. The van der Waals surface area contributed by atoms with Crippen LogP contribution in [0.1, 0.15) is 55.7 Å². The molecule has 262 valence electrons. The first kappa shape index (κ1) is 32.2. The van der Waals surface area contributed by atoms with E-state index >= 15 is 4.39 Å². The van der Waals surface area contributed by atoms with Crippen molar-refractivity contribution in [2.24, 2.45) is 0 Å². The highest BCUT2D eigenvalue weighted by Gasteiger charge is 2.50. The predicted octanol–water partition coefficient (Wildman–Crippen LogP) is 5.17. The number of hydrogen-bond acceptors (Lipinski definition) is 12. The molecule has 4 fully saturated rings. The third kappa shape index (κ3) is 4.96. The molecule has 4 saturated heterocycles. The van der Waals surface area contributed by atoms with E-state index in [-0.39, 0.29) is 60.7 Å². The number of methoxy groups -OCH3 is 1. The van der Waals surface area contributed by atoms with E-state index in [2.05, 4.69) is 32.7 Å². The van der Waals surface area contributed by atoms with Crippen LogP contribution in [0.5, 0.6) is 6.01 Å². The molecule has 5 aliphatic heterocycles. The average Bonchev–Trinajstić information content (AvgIpc) is 3.91. The van der Waals surface area contributed by atoms with E-state index < -0.39 is 17.5 Å². The number of aromatic nitrogens is 3. The fraction of sp³-hybridized carbons (Fsp3) is 0.556. The number of nitrogen functional groups attached to an aromatic ring is 1. The number of nitrogens with two attached hydrogens (primary N) is 1. The molecule has 50 heavy (non-hydrogen) atoms. The Morgan fingerprint density at radius 3 is 2.76 bits per heavy atom. The van der Waals surface area contributed by atoms with Crippen molar-refractivity contribution in [3.8, 4) is 23.3 Å². The molecule has 5 aliphatic rings. The number of hydrogen-bond donors (Lipinski definition) is 1. The Kier molecular flexibility index (Phi) is 7.85. The fourth-order valence-corrected chi connectivity index (χ4v) is 10.3. The Bertz CT molecular complexity index is 2040. The molecule has 11 nitrogen and oxygen atoms in total. The number of anilines is 2. The number of nitriles is 1. The summed E-state index contributed by atoms with van der Waals surface area (Å²) in [5.74, 6) is 0.0972. The molecule has 0 saturated carbocycles. The molecule has 0 amide bonds. The second kappa shape index (κ2) is 12.2. The maximum atomic E-state index is 17.5. The largest absolute Gasteiger partial charge is 0.461 e. The minimum absolute atomic E-state index is 0.0817. The first-order valence-corrected chi connectivity index (χ1v) is 18.4. The molecular weight excluding hydrogens is 663 g/mol. The van der Waals surface area contributed by atoms with Gasteiger partial charge in [0.25, 0.3) is 0 Å². The van der Waals surface area contributed by atoms with Crippen molar-refractivity contribution < 1.29 is 23.0 Å². The van der Waals surface area contributed by atoms with E-state index in [1.165, 1.54) is 11.3 Å². The molecule has 4 aromatic rings. The highest BCUT2D eigenvalue weighted by Crippen LogP contribution is 2.48. The smallest absolute Gasteiger partial charge is 0.319 e. The monoisotopic (exact) mass is 702 g/mol. The predicted molar refractivity (Wildman–Crippen MR) is 186 cm³/mol. The number of likely N-dealkylation sites (tertiary alicyclic amines) is 1. The molecule has 0 spiro atoms. The first-order valence-electron chi connectivity index (χ1n) is 17.5. The summed E-state index contributed by atoms with van der Waals surface area (Å²) in [6.45, 7) is 6.52. The fourth-order valence-electron chi connectivity index (χ4n) is 9.43. The number of halogens is 2. The zero-order valence-electron chi connectivity index (χ0n) is 28.3. The molecule has 2 bridgehead atoms. The molecule has 3 aromatic heterocycles. The quantitative estimate of drug-likeness (QED) is 0.261. The number of fused-ring (bicyclic) bond motifs is 7. The summed E-state index contributed by atoms with van der Waals surface area (Å²) in [6.07, 6.45) is 5.03. The zero-order chi connectivity index (χ0) is 34.3. The van der Waals surface area contributed by atoms with Gasteiger partial charge in [0.2, 0.25) is 0 Å². The lowest BCUT2D eigenvalue weighted by molar-refractivity contribution is 0.0686. The summed E-state index contributed by atoms with van der Waals surface area (Å²) in [6, 6.07) is 4.42. The lowest BCUT2D eigenvalue weighted by atomic mass is 9.93. The topological polar surface area (TPSA) is 126 Å². The van der Waals surface area contributed by atoms with Gasteiger partial charge in [0, 0.05) is 73.6 Å². The number of benzene rings is 1. The Morgan fingerprint density at radius 2 is 1.98 bits per heavy atom. The molecule has 9 rings (SSSR count). The molecule has 14 heteroatoms. The van der Waals surface area contributed by atoms with Crippen molar-refractivity contribution in [1.82, 2.24) is 24.8 Å². The summed E-state index contributed by atoms with van der Waals surface area (Å²) >= 11 is 1.28. The van der Waals surface area contributed by atoms with E-state index in [1.807, 2.05) is 0 Å². The van der Waals surface area contributed by atoms with Gasteiger partial charge in [-0.05, 0) is 56.3 Å². The summed E-state index contributed by atoms with van der Waals surface area (Å²) < 4.78 is 51.0. The lowest BCUT2D eigenvalue weighted by Gasteiger charge is -2.43. The minimum atomic E-state index is -0.901. The molecule has 1 aromatic carbocycles. The summed E-state index contributed by atoms with van der Waals surface area (Å²) in [5.41, 5.74) is 8.37. The Labute approximate surface area is 292 Å². The molecule has 0 radical (unpaired) electrons. The minimum Gasteiger partial charge on any atom is -0.461 e. The van der Waals surface area contributed by atoms with E-state index in [1.54, 1.807) is 19.4 Å². The second-order valence-corrected chi connectivity index (χ2v) is 15.7. The number of piperazine rings is 1. The molecule has 8 heterocycles. The van der Waals surface area contributed by atoms with Crippen LogP contribution in [-0.2, 0) is 22.7 Å². The van der Waals surface area contributed by atoms with Gasteiger partial charge in [-0.3, -0.25) is 14.8 Å². The van der Waals surface area contributed by atoms with Gasteiger partial charge in [0.05, 0.1) is 41.5 Å².